The van der Waals surface area contributed by atoms with Crippen LogP contribution in [-0.4, -0.2) is 47.1 Å². The van der Waals surface area contributed by atoms with Gasteiger partial charge in [0.25, 0.3) is 5.91 Å². The lowest BCUT2D eigenvalue weighted by Crippen LogP contribution is -2.50. The Kier molecular flexibility index (Phi) is 5.98. The van der Waals surface area contributed by atoms with Crippen LogP contribution in [-0.2, 0) is 4.79 Å². The fraction of sp³-hybridized carbons (Fsp3) is 0.538. The monoisotopic (exact) mass is 284 g/mol. The number of hydrogen-bond acceptors (Lipinski definition) is 4. The van der Waals surface area contributed by atoms with Crippen molar-refractivity contribution < 1.29 is 14.7 Å². The predicted molar refractivity (Wildman–Crippen MR) is 75.2 cm³/mol. The van der Waals surface area contributed by atoms with Gasteiger partial charge >= 0.3 is 0 Å². The van der Waals surface area contributed by atoms with E-state index in [0.29, 0.717) is 4.88 Å². The highest BCUT2D eigenvalue weighted by atomic mass is 32.1. The Labute approximate surface area is 117 Å². The molecule has 5 nitrogen and oxygen atoms in total. The maximum atomic E-state index is 12.2. The molecule has 0 radical (unpaired) electrons. The van der Waals surface area contributed by atoms with Gasteiger partial charge in [0.1, 0.15) is 6.04 Å². The molecule has 0 saturated carbocycles. The van der Waals surface area contributed by atoms with Crippen LogP contribution in [0.2, 0.25) is 0 Å². The molecule has 19 heavy (non-hydrogen) atoms. The normalized spacial score (nSPS) is 12.3. The van der Waals surface area contributed by atoms with Gasteiger partial charge < -0.3 is 15.3 Å². The number of aliphatic hydroxyl groups excluding tert-OH is 1. The third kappa shape index (κ3) is 4.33. The number of thiophene rings is 1. The molecule has 0 aromatic carbocycles. The first kappa shape index (κ1) is 15.7. The van der Waals surface area contributed by atoms with Crippen LogP contribution in [0.4, 0.5) is 0 Å². The van der Waals surface area contributed by atoms with Crippen molar-refractivity contribution in [3.8, 4) is 0 Å². The quantitative estimate of drug-likeness (QED) is 0.821. The van der Waals surface area contributed by atoms with Crippen molar-refractivity contribution in [2.75, 3.05) is 13.2 Å². The van der Waals surface area contributed by atoms with Gasteiger partial charge in [-0.3, -0.25) is 9.59 Å². The van der Waals surface area contributed by atoms with E-state index in [1.807, 2.05) is 19.2 Å². The van der Waals surface area contributed by atoms with E-state index in [9.17, 15) is 9.59 Å². The van der Waals surface area contributed by atoms with Crippen LogP contribution in [0.25, 0.3) is 0 Å². The molecule has 1 aromatic rings. The van der Waals surface area contributed by atoms with Gasteiger partial charge in [-0.05, 0) is 32.2 Å². The van der Waals surface area contributed by atoms with Gasteiger partial charge in [-0.25, -0.2) is 0 Å². The van der Waals surface area contributed by atoms with Gasteiger partial charge in [-0.2, -0.15) is 0 Å². The van der Waals surface area contributed by atoms with Crippen LogP contribution in [0.5, 0.6) is 0 Å². The second-order valence-electron chi connectivity index (χ2n) is 4.52. The number of nitrogens with one attached hydrogen (secondary N) is 1. The Balaban J connectivity index is 2.63. The Morgan fingerprint density at radius 1 is 1.42 bits per heavy atom. The van der Waals surface area contributed by atoms with Crippen molar-refractivity contribution in [1.29, 1.82) is 0 Å². The molecule has 1 rings (SSSR count). The Bertz CT molecular complexity index is 418. The van der Waals surface area contributed by atoms with Crippen molar-refractivity contribution in [1.82, 2.24) is 10.2 Å². The van der Waals surface area contributed by atoms with Crippen molar-refractivity contribution >= 4 is 23.2 Å². The summed E-state index contributed by atoms with van der Waals surface area (Å²) in [7, 11) is 0. The number of amides is 2. The second-order valence-corrected chi connectivity index (χ2v) is 5.47. The second kappa shape index (κ2) is 7.25. The highest BCUT2D eigenvalue weighted by molar-refractivity contribution is 7.12. The smallest absolute Gasteiger partial charge is 0.261 e. The third-order valence-electron chi connectivity index (χ3n) is 2.71. The molecule has 0 fully saturated rings. The largest absolute Gasteiger partial charge is 0.395 e. The highest BCUT2D eigenvalue weighted by Gasteiger charge is 2.24. The lowest BCUT2D eigenvalue weighted by atomic mass is 10.2. The molecule has 0 spiro atoms. The van der Waals surface area contributed by atoms with E-state index < -0.39 is 6.04 Å². The molecule has 0 aliphatic rings. The summed E-state index contributed by atoms with van der Waals surface area (Å²) >= 11 is 1.33. The number of nitrogens with zero attached hydrogens (tertiary/aromatic N) is 1. The minimum absolute atomic E-state index is 0.0132. The summed E-state index contributed by atoms with van der Waals surface area (Å²) in [4.78, 5) is 26.2. The van der Waals surface area contributed by atoms with E-state index in [1.165, 1.54) is 11.3 Å². The van der Waals surface area contributed by atoms with Crippen molar-refractivity contribution in [2.45, 2.75) is 32.9 Å². The van der Waals surface area contributed by atoms with Gasteiger partial charge in [0.05, 0.1) is 11.5 Å². The molecule has 0 aliphatic heterocycles. The Morgan fingerprint density at radius 2 is 2.11 bits per heavy atom. The summed E-state index contributed by atoms with van der Waals surface area (Å²) in [6, 6.07) is 2.88. The molecule has 0 aliphatic carbocycles. The zero-order valence-electron chi connectivity index (χ0n) is 11.4. The van der Waals surface area contributed by atoms with Gasteiger partial charge in [-0.15, -0.1) is 11.3 Å². The van der Waals surface area contributed by atoms with E-state index in [1.54, 1.807) is 24.0 Å². The minimum atomic E-state index is -0.608. The molecule has 1 aromatic heterocycles. The van der Waals surface area contributed by atoms with Gasteiger partial charge in [0.15, 0.2) is 0 Å². The summed E-state index contributed by atoms with van der Waals surface area (Å²) in [5.41, 5.74) is 0. The highest BCUT2D eigenvalue weighted by Crippen LogP contribution is 2.09. The van der Waals surface area contributed by atoms with E-state index in [0.717, 1.165) is 0 Å². The van der Waals surface area contributed by atoms with Crippen LogP contribution in [0, 0.1) is 0 Å². The number of hydrogen-bond donors (Lipinski definition) is 2. The lowest BCUT2D eigenvalue weighted by Gasteiger charge is -2.29. The fourth-order valence-corrected chi connectivity index (χ4v) is 2.34. The summed E-state index contributed by atoms with van der Waals surface area (Å²) in [6.45, 7) is 5.59. The van der Waals surface area contributed by atoms with Crippen LogP contribution >= 0.6 is 11.3 Å². The first-order valence-corrected chi connectivity index (χ1v) is 7.11. The first-order chi connectivity index (χ1) is 8.97. The minimum Gasteiger partial charge on any atom is -0.395 e. The zero-order chi connectivity index (χ0) is 14.4. The average molecular weight is 284 g/mol. The average Bonchev–Trinajstić information content (AvgIpc) is 2.88. The van der Waals surface area contributed by atoms with Crippen molar-refractivity contribution in [3.63, 3.8) is 0 Å². The molecule has 0 saturated heterocycles. The molecule has 2 amide bonds. The van der Waals surface area contributed by atoms with Gasteiger partial charge in [0, 0.05) is 12.6 Å². The van der Waals surface area contributed by atoms with E-state index in [-0.39, 0.29) is 31.0 Å². The number of carbonyl (C=O) groups excluding carboxylic acids is 2. The predicted octanol–water partition coefficient (Wildman–Crippen LogP) is 1.10. The topological polar surface area (TPSA) is 69.6 Å². The summed E-state index contributed by atoms with van der Waals surface area (Å²) in [5.74, 6) is -0.433. The zero-order valence-corrected chi connectivity index (χ0v) is 12.2. The Morgan fingerprint density at radius 3 is 2.58 bits per heavy atom. The van der Waals surface area contributed by atoms with Crippen LogP contribution in [0.1, 0.15) is 30.4 Å². The van der Waals surface area contributed by atoms with Crippen LogP contribution in [0.15, 0.2) is 17.5 Å². The van der Waals surface area contributed by atoms with E-state index in [2.05, 4.69) is 5.32 Å². The fourth-order valence-electron chi connectivity index (χ4n) is 1.72. The molecule has 0 bridgehead atoms. The maximum Gasteiger partial charge on any atom is 0.261 e. The number of aliphatic hydroxyl groups is 1. The van der Waals surface area contributed by atoms with E-state index in [4.69, 9.17) is 5.11 Å². The Hall–Kier alpha value is -1.40. The first-order valence-electron chi connectivity index (χ1n) is 6.23. The summed E-state index contributed by atoms with van der Waals surface area (Å²) in [5, 5.41) is 13.5. The molecular formula is C13H20N2O3S. The molecule has 2 N–H and O–H groups in total. The summed E-state index contributed by atoms with van der Waals surface area (Å²) < 4.78 is 0. The lowest BCUT2D eigenvalue weighted by molar-refractivity contribution is -0.135. The standard InChI is InChI=1S/C13H20N2O3S/c1-9(2)15(6-7-16)13(18)10(3)14-12(17)11-5-4-8-19-11/h4-5,8-10,16H,6-7H2,1-3H3,(H,14,17). The maximum absolute atomic E-state index is 12.2. The molecule has 106 valence electrons. The van der Waals surface area contributed by atoms with Crippen molar-refractivity contribution in [3.05, 3.63) is 22.4 Å². The van der Waals surface area contributed by atoms with Gasteiger partial charge in [0.2, 0.25) is 5.91 Å². The number of rotatable bonds is 6. The van der Waals surface area contributed by atoms with Crippen molar-refractivity contribution in [2.24, 2.45) is 0 Å². The molecule has 1 heterocycles. The van der Waals surface area contributed by atoms with Crippen LogP contribution in [0.3, 0.4) is 0 Å². The molecule has 1 atom stereocenters. The third-order valence-corrected chi connectivity index (χ3v) is 3.58. The number of carbonyl (C=O) groups is 2. The van der Waals surface area contributed by atoms with Gasteiger partial charge in [-0.1, -0.05) is 6.07 Å². The van der Waals surface area contributed by atoms with Crippen LogP contribution < -0.4 is 5.32 Å². The molecular weight excluding hydrogens is 264 g/mol. The molecule has 1 unspecified atom stereocenters. The molecule has 6 heteroatoms. The van der Waals surface area contributed by atoms with E-state index >= 15 is 0 Å². The summed E-state index contributed by atoms with van der Waals surface area (Å²) in [6.07, 6.45) is 0. The SMILES string of the molecule is CC(NC(=O)c1cccs1)C(=O)N(CCO)C(C)C.